The van der Waals surface area contributed by atoms with Gasteiger partial charge in [-0.25, -0.2) is 0 Å². The Morgan fingerprint density at radius 3 is 2.50 bits per heavy atom. The predicted molar refractivity (Wildman–Crippen MR) is 70.2 cm³/mol. The van der Waals surface area contributed by atoms with E-state index in [1.165, 1.54) is 0 Å². The van der Waals surface area contributed by atoms with Gasteiger partial charge in [0.2, 0.25) is 0 Å². The summed E-state index contributed by atoms with van der Waals surface area (Å²) < 4.78 is 5.58. The van der Waals surface area contributed by atoms with E-state index >= 15 is 0 Å². The number of pyridine rings is 1. The second-order valence-corrected chi connectivity index (χ2v) is 4.23. The van der Waals surface area contributed by atoms with Crippen LogP contribution in [0.4, 0.5) is 0 Å². The number of aromatic nitrogens is 1. The first-order chi connectivity index (χ1) is 8.69. The summed E-state index contributed by atoms with van der Waals surface area (Å²) in [6.45, 7) is 3.98. The van der Waals surface area contributed by atoms with Crippen LogP contribution in [-0.2, 0) is 0 Å². The molecule has 1 aromatic carbocycles. The van der Waals surface area contributed by atoms with Crippen molar-refractivity contribution in [3.05, 3.63) is 48.2 Å². The molecule has 0 amide bonds. The summed E-state index contributed by atoms with van der Waals surface area (Å²) >= 11 is 0. The Labute approximate surface area is 107 Å². The third-order valence-corrected chi connectivity index (χ3v) is 2.41. The van der Waals surface area contributed by atoms with Gasteiger partial charge in [-0.2, -0.15) is 5.26 Å². The van der Waals surface area contributed by atoms with E-state index in [9.17, 15) is 0 Å². The van der Waals surface area contributed by atoms with Crippen molar-refractivity contribution >= 4 is 0 Å². The van der Waals surface area contributed by atoms with Gasteiger partial charge >= 0.3 is 0 Å². The minimum absolute atomic E-state index is 0.163. The molecule has 3 heteroatoms. The predicted octanol–water partition coefficient (Wildman–Crippen LogP) is 3.41. The largest absolute Gasteiger partial charge is 0.491 e. The molecule has 1 heterocycles. The molecule has 0 fully saturated rings. The molecule has 0 aliphatic rings. The highest BCUT2D eigenvalue weighted by molar-refractivity contribution is 5.61. The molecular formula is C15H14N2O. The maximum absolute atomic E-state index is 8.85. The topological polar surface area (TPSA) is 45.9 Å². The van der Waals surface area contributed by atoms with E-state index in [0.29, 0.717) is 5.56 Å². The standard InChI is InChI=1S/C15H14N2O/c1-11(2)18-14-5-3-13(4-6-14)15-9-12(10-16)7-8-17-15/h3-9,11H,1-2H3. The zero-order valence-electron chi connectivity index (χ0n) is 10.4. The second-order valence-electron chi connectivity index (χ2n) is 4.23. The van der Waals surface area contributed by atoms with Crippen LogP contribution in [0.25, 0.3) is 11.3 Å². The van der Waals surface area contributed by atoms with Crippen molar-refractivity contribution in [3.63, 3.8) is 0 Å². The Morgan fingerprint density at radius 2 is 1.89 bits per heavy atom. The lowest BCUT2D eigenvalue weighted by molar-refractivity contribution is 0.242. The van der Waals surface area contributed by atoms with Crippen LogP contribution in [0.5, 0.6) is 5.75 Å². The monoisotopic (exact) mass is 238 g/mol. The van der Waals surface area contributed by atoms with E-state index in [4.69, 9.17) is 10.00 Å². The average molecular weight is 238 g/mol. The highest BCUT2D eigenvalue weighted by atomic mass is 16.5. The van der Waals surface area contributed by atoms with Crippen molar-refractivity contribution in [2.75, 3.05) is 0 Å². The molecule has 0 radical (unpaired) electrons. The first kappa shape index (κ1) is 12.1. The lowest BCUT2D eigenvalue weighted by Gasteiger charge is -2.09. The van der Waals surface area contributed by atoms with Crippen LogP contribution in [-0.4, -0.2) is 11.1 Å². The fourth-order valence-electron chi connectivity index (χ4n) is 1.63. The van der Waals surface area contributed by atoms with Gasteiger partial charge in [-0.15, -0.1) is 0 Å². The number of nitrogens with zero attached hydrogens (tertiary/aromatic N) is 2. The van der Waals surface area contributed by atoms with Crippen LogP contribution >= 0.6 is 0 Å². The molecule has 2 rings (SSSR count). The molecule has 1 aromatic heterocycles. The Morgan fingerprint density at radius 1 is 1.17 bits per heavy atom. The molecule has 0 aliphatic carbocycles. The van der Waals surface area contributed by atoms with Gasteiger partial charge in [-0.3, -0.25) is 4.98 Å². The van der Waals surface area contributed by atoms with Gasteiger partial charge in [0, 0.05) is 11.8 Å². The molecule has 0 saturated carbocycles. The number of ether oxygens (including phenoxy) is 1. The molecule has 0 aliphatic heterocycles. The van der Waals surface area contributed by atoms with Crippen molar-refractivity contribution in [2.24, 2.45) is 0 Å². The molecule has 0 bridgehead atoms. The number of hydrogen-bond donors (Lipinski definition) is 0. The van der Waals surface area contributed by atoms with Crippen LogP contribution in [0.1, 0.15) is 19.4 Å². The van der Waals surface area contributed by atoms with E-state index in [1.807, 2.05) is 38.1 Å². The number of rotatable bonds is 3. The summed E-state index contributed by atoms with van der Waals surface area (Å²) in [5.41, 5.74) is 2.39. The normalized spacial score (nSPS) is 10.1. The summed E-state index contributed by atoms with van der Waals surface area (Å²) in [7, 11) is 0. The maximum Gasteiger partial charge on any atom is 0.119 e. The van der Waals surface area contributed by atoms with Gasteiger partial charge in [0.15, 0.2) is 0 Å². The van der Waals surface area contributed by atoms with Crippen LogP contribution < -0.4 is 4.74 Å². The number of hydrogen-bond acceptors (Lipinski definition) is 3. The maximum atomic E-state index is 8.85. The van der Waals surface area contributed by atoms with E-state index in [2.05, 4.69) is 11.1 Å². The van der Waals surface area contributed by atoms with E-state index in [1.54, 1.807) is 18.3 Å². The quantitative estimate of drug-likeness (QED) is 0.823. The van der Waals surface area contributed by atoms with Gasteiger partial charge < -0.3 is 4.74 Å². The SMILES string of the molecule is CC(C)Oc1ccc(-c2cc(C#N)ccn2)cc1. The first-order valence-electron chi connectivity index (χ1n) is 5.82. The highest BCUT2D eigenvalue weighted by Crippen LogP contribution is 2.21. The molecule has 90 valence electrons. The number of benzene rings is 1. The third kappa shape index (κ3) is 2.86. The minimum atomic E-state index is 0.163. The third-order valence-electron chi connectivity index (χ3n) is 2.41. The zero-order chi connectivity index (χ0) is 13.0. The van der Waals surface area contributed by atoms with Crippen LogP contribution in [0.15, 0.2) is 42.6 Å². The van der Waals surface area contributed by atoms with E-state index in [0.717, 1.165) is 17.0 Å². The first-order valence-corrected chi connectivity index (χ1v) is 5.82. The fraction of sp³-hybridized carbons (Fsp3) is 0.200. The van der Waals surface area contributed by atoms with E-state index in [-0.39, 0.29) is 6.10 Å². The van der Waals surface area contributed by atoms with Gasteiger partial charge in [0.05, 0.1) is 23.4 Å². The lowest BCUT2D eigenvalue weighted by Crippen LogP contribution is -2.05. The van der Waals surface area contributed by atoms with E-state index < -0.39 is 0 Å². The van der Waals surface area contributed by atoms with Crippen LogP contribution in [0.2, 0.25) is 0 Å². The highest BCUT2D eigenvalue weighted by Gasteiger charge is 2.02. The molecule has 0 atom stereocenters. The Bertz CT molecular complexity index is 568. The van der Waals surface area contributed by atoms with Crippen molar-refractivity contribution in [1.29, 1.82) is 5.26 Å². The van der Waals surface area contributed by atoms with Crippen LogP contribution in [0, 0.1) is 11.3 Å². The molecular weight excluding hydrogens is 224 g/mol. The summed E-state index contributed by atoms with van der Waals surface area (Å²) in [5, 5.41) is 8.85. The molecule has 3 nitrogen and oxygen atoms in total. The lowest BCUT2D eigenvalue weighted by atomic mass is 10.1. The second kappa shape index (κ2) is 5.33. The Kier molecular flexibility index (Phi) is 3.59. The van der Waals surface area contributed by atoms with Crippen molar-refractivity contribution in [3.8, 4) is 23.1 Å². The molecule has 0 saturated heterocycles. The minimum Gasteiger partial charge on any atom is -0.491 e. The summed E-state index contributed by atoms with van der Waals surface area (Å²) in [5.74, 6) is 0.838. The average Bonchev–Trinajstić information content (AvgIpc) is 2.39. The van der Waals surface area contributed by atoms with Gasteiger partial charge in [0.25, 0.3) is 0 Å². The molecule has 0 unspecified atom stereocenters. The van der Waals surface area contributed by atoms with Crippen LogP contribution in [0.3, 0.4) is 0 Å². The van der Waals surface area contributed by atoms with Crippen molar-refractivity contribution < 1.29 is 4.74 Å². The molecule has 0 N–H and O–H groups in total. The Balaban J connectivity index is 2.26. The fourth-order valence-corrected chi connectivity index (χ4v) is 1.63. The van der Waals surface area contributed by atoms with Gasteiger partial charge in [-0.1, -0.05) is 0 Å². The van der Waals surface area contributed by atoms with Gasteiger partial charge in [-0.05, 0) is 50.2 Å². The number of nitriles is 1. The smallest absolute Gasteiger partial charge is 0.119 e. The Hall–Kier alpha value is -2.34. The molecule has 2 aromatic rings. The summed E-state index contributed by atoms with van der Waals surface area (Å²) in [6, 6.07) is 13.3. The molecule has 0 spiro atoms. The summed E-state index contributed by atoms with van der Waals surface area (Å²) in [6.07, 6.45) is 1.81. The van der Waals surface area contributed by atoms with Gasteiger partial charge in [0.1, 0.15) is 5.75 Å². The zero-order valence-corrected chi connectivity index (χ0v) is 10.4. The van der Waals surface area contributed by atoms with Crippen molar-refractivity contribution in [1.82, 2.24) is 4.98 Å². The summed E-state index contributed by atoms with van der Waals surface area (Å²) in [4.78, 5) is 4.26. The van der Waals surface area contributed by atoms with Crippen molar-refractivity contribution in [2.45, 2.75) is 20.0 Å². The molecule has 18 heavy (non-hydrogen) atoms.